The number of nitro benzene ring substituents is 1. The third kappa shape index (κ3) is 4.07. The predicted octanol–water partition coefficient (Wildman–Crippen LogP) is 1.98. The summed E-state index contributed by atoms with van der Waals surface area (Å²) in [5.74, 6) is 0.503. The lowest BCUT2D eigenvalue weighted by atomic mass is 10.1. The summed E-state index contributed by atoms with van der Waals surface area (Å²) in [6, 6.07) is 5.60. The molecule has 0 aliphatic rings. The Bertz CT molecular complexity index is 785. The van der Waals surface area contributed by atoms with Crippen molar-refractivity contribution in [1.82, 2.24) is 5.32 Å². The Balaban J connectivity index is 2.21. The van der Waals surface area contributed by atoms with E-state index in [0.29, 0.717) is 11.5 Å². The number of hydrogen-bond acceptors (Lipinski definition) is 7. The van der Waals surface area contributed by atoms with Gasteiger partial charge in [-0.2, -0.15) is 0 Å². The van der Waals surface area contributed by atoms with Crippen molar-refractivity contribution >= 4 is 11.6 Å². The summed E-state index contributed by atoms with van der Waals surface area (Å²) in [5.41, 5.74) is -0.635. The van der Waals surface area contributed by atoms with Crippen molar-refractivity contribution in [2.45, 2.75) is 13.0 Å². The van der Waals surface area contributed by atoms with Crippen molar-refractivity contribution in [2.75, 3.05) is 20.8 Å². The van der Waals surface area contributed by atoms with Gasteiger partial charge in [0.25, 0.3) is 11.6 Å². The molecule has 0 fully saturated rings. The number of aliphatic hydroxyl groups excluding tert-OH is 1. The quantitative estimate of drug-likeness (QED) is 0.578. The summed E-state index contributed by atoms with van der Waals surface area (Å²) >= 11 is 0. The van der Waals surface area contributed by atoms with Crippen LogP contribution in [0.4, 0.5) is 5.69 Å². The molecule has 9 nitrogen and oxygen atoms in total. The van der Waals surface area contributed by atoms with Crippen LogP contribution in [-0.2, 0) is 0 Å². The van der Waals surface area contributed by atoms with Gasteiger partial charge < -0.3 is 24.3 Å². The number of furan rings is 1. The van der Waals surface area contributed by atoms with Crippen LogP contribution in [-0.4, -0.2) is 36.7 Å². The molecule has 0 saturated carbocycles. The highest BCUT2D eigenvalue weighted by molar-refractivity contribution is 5.99. The van der Waals surface area contributed by atoms with Crippen molar-refractivity contribution in [3.63, 3.8) is 0 Å². The van der Waals surface area contributed by atoms with Gasteiger partial charge in [0.05, 0.1) is 31.8 Å². The number of amides is 1. The maximum atomic E-state index is 12.3. The molecule has 134 valence electrons. The first-order valence-corrected chi connectivity index (χ1v) is 7.30. The van der Waals surface area contributed by atoms with Crippen molar-refractivity contribution in [2.24, 2.45) is 0 Å². The smallest absolute Gasteiger partial charge is 0.286 e. The highest BCUT2D eigenvalue weighted by Gasteiger charge is 2.25. The second kappa shape index (κ2) is 7.67. The Morgan fingerprint density at radius 1 is 1.32 bits per heavy atom. The first-order valence-electron chi connectivity index (χ1n) is 7.30. The number of nitrogens with zero attached hydrogens (tertiary/aromatic N) is 1. The van der Waals surface area contributed by atoms with Crippen LogP contribution in [0.1, 0.15) is 28.0 Å². The van der Waals surface area contributed by atoms with Crippen molar-refractivity contribution in [3.05, 3.63) is 51.5 Å². The number of rotatable bonds is 7. The van der Waals surface area contributed by atoms with Gasteiger partial charge >= 0.3 is 0 Å². The normalized spacial score (nSPS) is 11.7. The number of benzene rings is 1. The molecule has 1 aromatic heterocycles. The minimum Gasteiger partial charge on any atom is -0.493 e. The zero-order valence-corrected chi connectivity index (χ0v) is 13.9. The molecule has 0 saturated heterocycles. The summed E-state index contributed by atoms with van der Waals surface area (Å²) in [7, 11) is 2.69. The monoisotopic (exact) mass is 350 g/mol. The van der Waals surface area contributed by atoms with Gasteiger partial charge in [-0.05, 0) is 19.1 Å². The second-order valence-corrected chi connectivity index (χ2v) is 5.16. The van der Waals surface area contributed by atoms with Gasteiger partial charge in [0.2, 0.25) is 0 Å². The van der Waals surface area contributed by atoms with Gasteiger partial charge in [-0.3, -0.25) is 14.9 Å². The minimum absolute atomic E-state index is 0.136. The second-order valence-electron chi connectivity index (χ2n) is 5.16. The summed E-state index contributed by atoms with van der Waals surface area (Å²) in [5, 5.41) is 23.7. The van der Waals surface area contributed by atoms with E-state index in [1.165, 1.54) is 20.3 Å². The van der Waals surface area contributed by atoms with E-state index in [1.54, 1.807) is 19.1 Å². The molecule has 0 bridgehead atoms. The van der Waals surface area contributed by atoms with Crippen LogP contribution in [0.15, 0.2) is 28.7 Å². The van der Waals surface area contributed by atoms with Gasteiger partial charge in [-0.1, -0.05) is 0 Å². The van der Waals surface area contributed by atoms with E-state index in [4.69, 9.17) is 13.9 Å². The number of hydrogen-bond donors (Lipinski definition) is 2. The lowest BCUT2D eigenvalue weighted by molar-refractivity contribution is -0.385. The molecule has 2 N–H and O–H groups in total. The SMILES string of the molecule is COc1cc(C(=O)NCC(O)c2ccc(C)o2)c([N+](=O)[O-])cc1OC. The molecule has 1 amide bonds. The van der Waals surface area contributed by atoms with E-state index in [-0.39, 0.29) is 23.6 Å². The highest BCUT2D eigenvalue weighted by atomic mass is 16.6. The lowest BCUT2D eigenvalue weighted by Gasteiger charge is -2.12. The summed E-state index contributed by atoms with van der Waals surface area (Å²) < 4.78 is 15.3. The van der Waals surface area contributed by atoms with E-state index >= 15 is 0 Å². The van der Waals surface area contributed by atoms with E-state index in [9.17, 15) is 20.0 Å². The van der Waals surface area contributed by atoms with Crippen LogP contribution in [0.5, 0.6) is 11.5 Å². The molecule has 25 heavy (non-hydrogen) atoms. The highest BCUT2D eigenvalue weighted by Crippen LogP contribution is 2.34. The fraction of sp³-hybridized carbons (Fsp3) is 0.312. The number of nitro groups is 1. The molecular weight excluding hydrogens is 332 g/mol. The molecule has 1 aromatic carbocycles. The summed E-state index contributed by atoms with van der Waals surface area (Å²) in [4.78, 5) is 22.9. The molecule has 1 heterocycles. The van der Waals surface area contributed by atoms with Gasteiger partial charge in [-0.25, -0.2) is 0 Å². The maximum absolute atomic E-state index is 12.3. The minimum atomic E-state index is -1.07. The number of aryl methyl sites for hydroxylation is 1. The molecular formula is C16H18N2O7. The first-order chi connectivity index (χ1) is 11.9. The average molecular weight is 350 g/mol. The van der Waals surface area contributed by atoms with Gasteiger partial charge in [-0.15, -0.1) is 0 Å². The topological polar surface area (TPSA) is 124 Å². The zero-order chi connectivity index (χ0) is 18.6. The van der Waals surface area contributed by atoms with Gasteiger partial charge in [0.1, 0.15) is 23.2 Å². The number of carbonyl (C=O) groups excluding carboxylic acids is 1. The number of nitrogens with one attached hydrogen (secondary N) is 1. The standard InChI is InChI=1S/C16H18N2O7/c1-9-4-5-13(25-9)12(19)8-17-16(20)10-6-14(23-2)15(24-3)7-11(10)18(21)22/h4-7,12,19H,8H2,1-3H3,(H,17,20). The number of ether oxygens (including phenoxy) is 2. The van der Waals surface area contributed by atoms with Gasteiger partial charge in [0, 0.05) is 6.07 Å². The molecule has 1 atom stereocenters. The third-order valence-corrected chi connectivity index (χ3v) is 3.49. The Labute approximate surface area is 143 Å². The van der Waals surface area contributed by atoms with E-state index in [0.717, 1.165) is 6.07 Å². The van der Waals surface area contributed by atoms with Crippen LogP contribution < -0.4 is 14.8 Å². The Morgan fingerprint density at radius 2 is 1.96 bits per heavy atom. The van der Waals surface area contributed by atoms with Crippen LogP contribution in [0.3, 0.4) is 0 Å². The van der Waals surface area contributed by atoms with E-state index in [1.807, 2.05) is 0 Å². The number of carbonyl (C=O) groups is 1. The molecule has 2 rings (SSSR count). The van der Waals surface area contributed by atoms with Crippen LogP contribution >= 0.6 is 0 Å². The van der Waals surface area contributed by atoms with Crippen LogP contribution in [0.2, 0.25) is 0 Å². The predicted molar refractivity (Wildman–Crippen MR) is 86.9 cm³/mol. The fourth-order valence-corrected chi connectivity index (χ4v) is 2.22. The fourth-order valence-electron chi connectivity index (χ4n) is 2.22. The van der Waals surface area contributed by atoms with Crippen LogP contribution in [0, 0.1) is 17.0 Å². The number of methoxy groups -OCH3 is 2. The molecule has 0 aliphatic heterocycles. The molecule has 0 spiro atoms. The molecule has 9 heteroatoms. The average Bonchev–Trinajstić information content (AvgIpc) is 3.04. The van der Waals surface area contributed by atoms with Crippen molar-refractivity contribution in [1.29, 1.82) is 0 Å². The van der Waals surface area contributed by atoms with Crippen molar-refractivity contribution in [3.8, 4) is 11.5 Å². The maximum Gasteiger partial charge on any atom is 0.286 e. The molecule has 2 aromatic rings. The summed E-state index contributed by atoms with van der Waals surface area (Å²) in [6.45, 7) is 1.55. The zero-order valence-electron chi connectivity index (χ0n) is 13.9. The molecule has 0 radical (unpaired) electrons. The lowest BCUT2D eigenvalue weighted by Crippen LogP contribution is -2.28. The Hall–Kier alpha value is -3.07. The van der Waals surface area contributed by atoms with E-state index < -0.39 is 22.6 Å². The molecule has 0 aliphatic carbocycles. The Morgan fingerprint density at radius 3 is 2.48 bits per heavy atom. The van der Waals surface area contributed by atoms with Gasteiger partial charge in [0.15, 0.2) is 11.5 Å². The summed E-state index contributed by atoms with van der Waals surface area (Å²) in [6.07, 6.45) is -1.07. The first kappa shape index (κ1) is 18.3. The van der Waals surface area contributed by atoms with Crippen LogP contribution in [0.25, 0.3) is 0 Å². The van der Waals surface area contributed by atoms with Crippen molar-refractivity contribution < 1.29 is 28.7 Å². The Kier molecular flexibility index (Phi) is 5.60. The molecule has 1 unspecified atom stereocenters. The number of aliphatic hydroxyl groups is 1. The third-order valence-electron chi connectivity index (χ3n) is 3.49. The largest absolute Gasteiger partial charge is 0.493 e. The van der Waals surface area contributed by atoms with E-state index in [2.05, 4.69) is 5.32 Å².